The molecule has 0 N–H and O–H groups in total. The maximum absolute atomic E-state index is 4.42. The van der Waals surface area contributed by atoms with Gasteiger partial charge < -0.3 is 0 Å². The number of aromatic nitrogens is 4. The molecular weight excluding hydrogens is 315 g/mol. The third-order valence-corrected chi connectivity index (χ3v) is 3.01. The van der Waals surface area contributed by atoms with Crippen molar-refractivity contribution in [2.75, 3.05) is 0 Å². The van der Waals surface area contributed by atoms with Crippen LogP contribution in [0.2, 0.25) is 0 Å². The molecule has 0 aliphatic carbocycles. The number of benzene rings is 1. The fraction of sp³-hybridized carbons (Fsp3) is 0. The number of fused-ring (bicyclic) bond motifs is 1. The Labute approximate surface area is 105 Å². The quantitative estimate of drug-likeness (QED) is 0.646. The van der Waals surface area contributed by atoms with Crippen LogP contribution in [-0.2, 0) is 0 Å². The van der Waals surface area contributed by atoms with Crippen LogP contribution in [0.15, 0.2) is 42.9 Å². The minimum Gasteiger partial charge on any atom is -0.211 e. The minimum absolute atomic E-state index is 0.621. The smallest absolute Gasteiger partial charge is 0.211 e. The predicted octanol–water partition coefficient (Wildman–Crippen LogP) is 2.40. The van der Waals surface area contributed by atoms with E-state index in [-0.39, 0.29) is 0 Å². The first kappa shape index (κ1) is 9.71. The first-order chi connectivity index (χ1) is 7.83. The van der Waals surface area contributed by atoms with Crippen molar-refractivity contribution in [3.63, 3.8) is 0 Å². The van der Waals surface area contributed by atoms with Crippen molar-refractivity contribution in [2.45, 2.75) is 0 Å². The average Bonchev–Trinajstić information content (AvgIpc) is 2.77. The van der Waals surface area contributed by atoms with Gasteiger partial charge in [-0.15, -0.1) is 0 Å². The van der Waals surface area contributed by atoms with Gasteiger partial charge in [0.2, 0.25) is 0 Å². The molecule has 4 nitrogen and oxygen atoms in total. The molecule has 0 saturated carbocycles. The SMILES string of the molecule is Ic1ccc(-c2ccn3ncnc3n2)cc1. The first-order valence-electron chi connectivity index (χ1n) is 4.75. The van der Waals surface area contributed by atoms with E-state index < -0.39 is 0 Å². The molecule has 0 unspecified atom stereocenters. The van der Waals surface area contributed by atoms with E-state index in [1.165, 1.54) is 9.90 Å². The Morgan fingerprint density at radius 2 is 1.88 bits per heavy atom. The summed E-state index contributed by atoms with van der Waals surface area (Å²) in [5, 5.41) is 4.01. The molecule has 5 heteroatoms. The summed E-state index contributed by atoms with van der Waals surface area (Å²) in [6.45, 7) is 0. The maximum Gasteiger partial charge on any atom is 0.252 e. The highest BCUT2D eigenvalue weighted by Crippen LogP contribution is 2.18. The summed E-state index contributed by atoms with van der Waals surface area (Å²) in [6.07, 6.45) is 3.36. The van der Waals surface area contributed by atoms with Crippen molar-refractivity contribution in [1.82, 2.24) is 19.6 Å². The van der Waals surface area contributed by atoms with Crippen molar-refractivity contribution in [3.8, 4) is 11.3 Å². The Kier molecular flexibility index (Phi) is 2.32. The second-order valence-corrected chi connectivity index (χ2v) is 4.57. The summed E-state index contributed by atoms with van der Waals surface area (Å²) in [4.78, 5) is 8.48. The summed E-state index contributed by atoms with van der Waals surface area (Å²) in [5.41, 5.74) is 2.00. The molecule has 0 amide bonds. The van der Waals surface area contributed by atoms with Crippen LogP contribution in [-0.4, -0.2) is 19.6 Å². The third-order valence-electron chi connectivity index (χ3n) is 2.29. The molecule has 0 aliphatic heterocycles. The lowest BCUT2D eigenvalue weighted by Crippen LogP contribution is -1.92. The van der Waals surface area contributed by atoms with E-state index in [0.717, 1.165) is 11.3 Å². The molecule has 0 radical (unpaired) electrons. The van der Waals surface area contributed by atoms with Crippen LogP contribution in [0.1, 0.15) is 0 Å². The summed E-state index contributed by atoms with van der Waals surface area (Å²) >= 11 is 2.28. The molecule has 0 fully saturated rings. The summed E-state index contributed by atoms with van der Waals surface area (Å²) in [5.74, 6) is 0.621. The third kappa shape index (κ3) is 1.67. The van der Waals surface area contributed by atoms with Gasteiger partial charge in [-0.05, 0) is 40.8 Å². The summed E-state index contributed by atoms with van der Waals surface area (Å²) in [7, 11) is 0. The van der Waals surface area contributed by atoms with E-state index in [2.05, 4.69) is 61.9 Å². The predicted molar refractivity (Wildman–Crippen MR) is 68.9 cm³/mol. The number of hydrogen-bond donors (Lipinski definition) is 0. The van der Waals surface area contributed by atoms with E-state index in [9.17, 15) is 0 Å². The van der Waals surface area contributed by atoms with Crippen LogP contribution in [0, 0.1) is 3.57 Å². The number of hydrogen-bond acceptors (Lipinski definition) is 3. The Bertz CT molecular complexity index is 630. The van der Waals surface area contributed by atoms with E-state index in [1.54, 1.807) is 4.52 Å². The molecule has 0 saturated heterocycles. The van der Waals surface area contributed by atoms with E-state index in [1.807, 2.05) is 12.3 Å². The van der Waals surface area contributed by atoms with Gasteiger partial charge in [0.05, 0.1) is 5.69 Å². The van der Waals surface area contributed by atoms with Crippen molar-refractivity contribution >= 4 is 28.4 Å². The Hall–Kier alpha value is -1.50. The zero-order valence-electron chi connectivity index (χ0n) is 8.21. The minimum atomic E-state index is 0.621. The second kappa shape index (κ2) is 3.82. The topological polar surface area (TPSA) is 43.1 Å². The summed E-state index contributed by atoms with van der Waals surface area (Å²) in [6, 6.07) is 10.2. The highest BCUT2D eigenvalue weighted by molar-refractivity contribution is 14.1. The van der Waals surface area contributed by atoms with E-state index >= 15 is 0 Å². The van der Waals surface area contributed by atoms with Gasteiger partial charge in [0.1, 0.15) is 6.33 Å². The summed E-state index contributed by atoms with van der Waals surface area (Å²) < 4.78 is 2.86. The Morgan fingerprint density at radius 1 is 1.06 bits per heavy atom. The highest BCUT2D eigenvalue weighted by atomic mass is 127. The lowest BCUT2D eigenvalue weighted by molar-refractivity contribution is 0.940. The molecule has 16 heavy (non-hydrogen) atoms. The Morgan fingerprint density at radius 3 is 2.69 bits per heavy atom. The molecule has 3 rings (SSSR count). The van der Waals surface area contributed by atoms with Gasteiger partial charge in [-0.2, -0.15) is 10.1 Å². The largest absolute Gasteiger partial charge is 0.252 e. The first-order valence-corrected chi connectivity index (χ1v) is 5.83. The van der Waals surface area contributed by atoms with Crippen LogP contribution < -0.4 is 0 Å². The molecule has 0 bridgehead atoms. The fourth-order valence-electron chi connectivity index (χ4n) is 1.50. The van der Waals surface area contributed by atoms with Gasteiger partial charge in [-0.25, -0.2) is 9.50 Å². The molecule has 0 aliphatic rings. The maximum atomic E-state index is 4.42. The zero-order valence-corrected chi connectivity index (χ0v) is 10.4. The van der Waals surface area contributed by atoms with Gasteiger partial charge in [-0.1, -0.05) is 12.1 Å². The van der Waals surface area contributed by atoms with Crippen LogP contribution in [0.5, 0.6) is 0 Å². The van der Waals surface area contributed by atoms with Crippen LogP contribution in [0.25, 0.3) is 17.0 Å². The molecule has 78 valence electrons. The van der Waals surface area contributed by atoms with Crippen LogP contribution in [0.4, 0.5) is 0 Å². The van der Waals surface area contributed by atoms with Crippen LogP contribution >= 0.6 is 22.6 Å². The molecule has 2 aromatic heterocycles. The van der Waals surface area contributed by atoms with Gasteiger partial charge in [0, 0.05) is 15.3 Å². The van der Waals surface area contributed by atoms with Gasteiger partial charge in [0.25, 0.3) is 5.78 Å². The molecule has 2 heterocycles. The molecule has 1 aromatic carbocycles. The zero-order chi connectivity index (χ0) is 11.0. The van der Waals surface area contributed by atoms with Crippen molar-refractivity contribution < 1.29 is 0 Å². The molecule has 0 spiro atoms. The number of rotatable bonds is 1. The van der Waals surface area contributed by atoms with Crippen molar-refractivity contribution in [1.29, 1.82) is 0 Å². The van der Waals surface area contributed by atoms with E-state index in [4.69, 9.17) is 0 Å². The average molecular weight is 322 g/mol. The van der Waals surface area contributed by atoms with Crippen molar-refractivity contribution in [3.05, 3.63) is 46.4 Å². The lowest BCUT2D eigenvalue weighted by Gasteiger charge is -2.00. The number of nitrogens with zero attached hydrogens (tertiary/aromatic N) is 4. The van der Waals surface area contributed by atoms with Crippen molar-refractivity contribution in [2.24, 2.45) is 0 Å². The number of halogens is 1. The molecule has 0 atom stereocenters. The monoisotopic (exact) mass is 322 g/mol. The Balaban J connectivity index is 2.14. The van der Waals surface area contributed by atoms with Gasteiger partial charge >= 0.3 is 0 Å². The standard InChI is InChI=1S/C11H7IN4/c12-9-3-1-8(2-4-9)10-5-6-16-11(15-10)13-7-14-16/h1-7H. The fourth-order valence-corrected chi connectivity index (χ4v) is 1.86. The lowest BCUT2D eigenvalue weighted by atomic mass is 10.1. The van der Waals surface area contributed by atoms with E-state index in [0.29, 0.717) is 5.78 Å². The van der Waals surface area contributed by atoms with Crippen LogP contribution in [0.3, 0.4) is 0 Å². The van der Waals surface area contributed by atoms with Gasteiger partial charge in [-0.3, -0.25) is 0 Å². The van der Waals surface area contributed by atoms with Gasteiger partial charge in [0.15, 0.2) is 0 Å². The normalized spacial score (nSPS) is 10.8. The molecule has 3 aromatic rings. The highest BCUT2D eigenvalue weighted by Gasteiger charge is 2.02. The molecular formula is C11H7IN4. The second-order valence-electron chi connectivity index (χ2n) is 3.32.